The number of nitrogens with two attached hydrogens (primary N) is 1. The van der Waals surface area contributed by atoms with Crippen LogP contribution in [-0.2, 0) is 9.47 Å². The summed E-state index contributed by atoms with van der Waals surface area (Å²) in [6, 6.07) is 0. The van der Waals surface area contributed by atoms with E-state index in [4.69, 9.17) is 15.2 Å². The van der Waals surface area contributed by atoms with E-state index < -0.39 is 0 Å². The minimum Gasteiger partial charge on any atom is -0.378 e. The molecule has 2 fully saturated rings. The van der Waals surface area contributed by atoms with Crippen molar-refractivity contribution in [2.75, 3.05) is 39.5 Å². The van der Waals surface area contributed by atoms with Crippen LogP contribution in [0.5, 0.6) is 0 Å². The fraction of sp³-hybridized carbons (Fsp3) is 0.909. The van der Waals surface area contributed by atoms with E-state index in [1.54, 1.807) is 0 Å². The van der Waals surface area contributed by atoms with Crippen molar-refractivity contribution in [1.29, 1.82) is 0 Å². The summed E-state index contributed by atoms with van der Waals surface area (Å²) in [6.45, 7) is 6.78. The summed E-state index contributed by atoms with van der Waals surface area (Å²) < 4.78 is 10.9. The van der Waals surface area contributed by atoms with E-state index in [1.165, 1.54) is 0 Å². The van der Waals surface area contributed by atoms with Gasteiger partial charge in [-0.3, -0.25) is 4.99 Å². The second-order valence-corrected chi connectivity index (χ2v) is 4.68. The van der Waals surface area contributed by atoms with Gasteiger partial charge in [0, 0.05) is 19.7 Å². The van der Waals surface area contributed by atoms with Crippen LogP contribution in [-0.4, -0.2) is 55.9 Å². The first-order valence-electron chi connectivity index (χ1n) is 5.96. The van der Waals surface area contributed by atoms with E-state index in [9.17, 15) is 0 Å². The maximum Gasteiger partial charge on any atom is 0.191 e. The van der Waals surface area contributed by atoms with Crippen LogP contribution >= 0.6 is 24.0 Å². The Morgan fingerprint density at radius 3 is 2.65 bits per heavy atom. The maximum atomic E-state index is 5.95. The van der Waals surface area contributed by atoms with E-state index in [0.29, 0.717) is 12.5 Å². The molecule has 0 bridgehead atoms. The smallest absolute Gasteiger partial charge is 0.191 e. The van der Waals surface area contributed by atoms with Gasteiger partial charge in [0.1, 0.15) is 0 Å². The summed E-state index contributed by atoms with van der Waals surface area (Å²) in [5, 5.41) is 0. The van der Waals surface area contributed by atoms with Gasteiger partial charge in [-0.05, 0) is 19.8 Å². The molecule has 1 atom stereocenters. The number of halogens is 1. The molecule has 2 N–H and O–H groups in total. The average Bonchev–Trinajstić information content (AvgIpc) is 2.75. The Morgan fingerprint density at radius 2 is 2.06 bits per heavy atom. The van der Waals surface area contributed by atoms with Gasteiger partial charge in [-0.15, -0.1) is 24.0 Å². The Hall–Kier alpha value is -0.0800. The Balaban J connectivity index is 0.00000144. The predicted octanol–water partition coefficient (Wildman–Crippen LogP) is 0.820. The second kappa shape index (κ2) is 6.75. The normalized spacial score (nSPS) is 30.2. The standard InChI is InChI=1S/C11H21N3O2.HI/c1-11(3-2-6-16-11)9-13-10(12)14-4-7-15-8-5-14;/h2-9H2,1H3,(H2,12,13);1H. The van der Waals surface area contributed by atoms with Gasteiger partial charge < -0.3 is 20.1 Å². The van der Waals surface area contributed by atoms with Crippen LogP contribution in [0.1, 0.15) is 19.8 Å². The highest BCUT2D eigenvalue weighted by molar-refractivity contribution is 14.0. The zero-order valence-electron chi connectivity index (χ0n) is 10.4. The lowest BCUT2D eigenvalue weighted by atomic mass is 10.0. The van der Waals surface area contributed by atoms with Crippen molar-refractivity contribution in [3.8, 4) is 0 Å². The van der Waals surface area contributed by atoms with Crippen LogP contribution in [0.25, 0.3) is 0 Å². The molecule has 2 rings (SSSR count). The molecular formula is C11H22IN3O2. The van der Waals surface area contributed by atoms with E-state index in [2.05, 4.69) is 16.8 Å². The largest absolute Gasteiger partial charge is 0.378 e. The molecule has 0 saturated carbocycles. The van der Waals surface area contributed by atoms with Crippen molar-refractivity contribution in [3.63, 3.8) is 0 Å². The van der Waals surface area contributed by atoms with Crippen molar-refractivity contribution >= 4 is 29.9 Å². The molecule has 0 aliphatic carbocycles. The highest BCUT2D eigenvalue weighted by atomic mass is 127. The lowest BCUT2D eigenvalue weighted by Gasteiger charge is -2.28. The first-order chi connectivity index (χ1) is 7.70. The summed E-state index contributed by atoms with van der Waals surface area (Å²) in [5.74, 6) is 0.625. The first-order valence-corrected chi connectivity index (χ1v) is 5.96. The number of nitrogens with zero attached hydrogens (tertiary/aromatic N) is 2. The second-order valence-electron chi connectivity index (χ2n) is 4.68. The zero-order chi connectivity index (χ0) is 11.4. The minimum absolute atomic E-state index is 0. The molecule has 100 valence electrons. The van der Waals surface area contributed by atoms with Gasteiger partial charge in [0.2, 0.25) is 0 Å². The Kier molecular flexibility index (Phi) is 5.94. The molecule has 1 unspecified atom stereocenters. The molecule has 2 saturated heterocycles. The predicted molar refractivity (Wildman–Crippen MR) is 77.9 cm³/mol. The number of hydrogen-bond donors (Lipinski definition) is 1. The van der Waals surface area contributed by atoms with E-state index in [0.717, 1.165) is 45.8 Å². The third-order valence-electron chi connectivity index (χ3n) is 3.21. The summed E-state index contributed by atoms with van der Waals surface area (Å²) in [4.78, 5) is 6.51. The highest BCUT2D eigenvalue weighted by Crippen LogP contribution is 2.25. The molecule has 0 aromatic rings. The zero-order valence-corrected chi connectivity index (χ0v) is 12.7. The fourth-order valence-electron chi connectivity index (χ4n) is 2.10. The maximum absolute atomic E-state index is 5.95. The molecular weight excluding hydrogens is 333 g/mol. The van der Waals surface area contributed by atoms with E-state index in [1.807, 2.05) is 0 Å². The molecule has 6 heteroatoms. The number of morpholine rings is 1. The monoisotopic (exact) mass is 355 g/mol. The van der Waals surface area contributed by atoms with E-state index >= 15 is 0 Å². The summed E-state index contributed by atoms with van der Waals surface area (Å²) in [7, 11) is 0. The number of rotatable bonds is 2. The van der Waals surface area contributed by atoms with Crippen LogP contribution < -0.4 is 5.73 Å². The molecule has 2 aliphatic rings. The minimum atomic E-state index is -0.100. The van der Waals surface area contributed by atoms with Gasteiger partial charge in [-0.25, -0.2) is 0 Å². The first kappa shape index (κ1) is 15.0. The van der Waals surface area contributed by atoms with Crippen molar-refractivity contribution in [1.82, 2.24) is 4.90 Å². The molecule has 17 heavy (non-hydrogen) atoms. The molecule has 2 heterocycles. The average molecular weight is 355 g/mol. The Labute approximate surface area is 120 Å². The Bertz CT molecular complexity index is 261. The van der Waals surface area contributed by atoms with Crippen molar-refractivity contribution in [2.24, 2.45) is 10.7 Å². The van der Waals surface area contributed by atoms with Gasteiger partial charge in [-0.1, -0.05) is 0 Å². The molecule has 5 nitrogen and oxygen atoms in total. The SMILES string of the molecule is CC1(CN=C(N)N2CCOCC2)CCCO1.I. The van der Waals surface area contributed by atoms with Gasteiger partial charge in [0.15, 0.2) is 5.96 Å². The van der Waals surface area contributed by atoms with Gasteiger partial charge in [0.05, 0.1) is 25.4 Å². The highest BCUT2D eigenvalue weighted by Gasteiger charge is 2.29. The Morgan fingerprint density at radius 1 is 1.35 bits per heavy atom. The quantitative estimate of drug-likeness (QED) is 0.453. The third kappa shape index (κ3) is 4.26. The number of ether oxygens (including phenoxy) is 2. The fourth-order valence-corrected chi connectivity index (χ4v) is 2.10. The summed E-state index contributed by atoms with van der Waals surface area (Å²) in [5.41, 5.74) is 5.85. The van der Waals surface area contributed by atoms with Gasteiger partial charge in [0.25, 0.3) is 0 Å². The third-order valence-corrected chi connectivity index (χ3v) is 3.21. The van der Waals surface area contributed by atoms with Crippen LogP contribution in [0.3, 0.4) is 0 Å². The molecule has 0 aromatic carbocycles. The molecule has 0 spiro atoms. The van der Waals surface area contributed by atoms with Crippen LogP contribution in [0.4, 0.5) is 0 Å². The lowest BCUT2D eigenvalue weighted by molar-refractivity contribution is 0.0278. The van der Waals surface area contributed by atoms with Crippen LogP contribution in [0.2, 0.25) is 0 Å². The molecule has 2 aliphatic heterocycles. The summed E-state index contributed by atoms with van der Waals surface area (Å²) in [6.07, 6.45) is 2.20. The molecule has 0 amide bonds. The number of aliphatic imine (C=N–C) groups is 1. The molecule has 0 radical (unpaired) electrons. The van der Waals surface area contributed by atoms with Crippen molar-refractivity contribution in [2.45, 2.75) is 25.4 Å². The van der Waals surface area contributed by atoms with Gasteiger partial charge in [-0.2, -0.15) is 0 Å². The topological polar surface area (TPSA) is 60.1 Å². The number of guanidine groups is 1. The van der Waals surface area contributed by atoms with Crippen molar-refractivity contribution < 1.29 is 9.47 Å². The lowest BCUT2D eigenvalue weighted by Crippen LogP contribution is -2.45. The van der Waals surface area contributed by atoms with Crippen LogP contribution in [0, 0.1) is 0 Å². The van der Waals surface area contributed by atoms with Crippen LogP contribution in [0.15, 0.2) is 4.99 Å². The summed E-state index contributed by atoms with van der Waals surface area (Å²) >= 11 is 0. The number of hydrogen-bond acceptors (Lipinski definition) is 3. The molecule has 0 aromatic heterocycles. The van der Waals surface area contributed by atoms with E-state index in [-0.39, 0.29) is 29.6 Å². The van der Waals surface area contributed by atoms with Gasteiger partial charge >= 0.3 is 0 Å². The van der Waals surface area contributed by atoms with Crippen molar-refractivity contribution in [3.05, 3.63) is 0 Å².